The maximum Gasteiger partial charge on any atom is 0.164 e. The van der Waals surface area contributed by atoms with Crippen molar-refractivity contribution in [3.63, 3.8) is 0 Å². The molecule has 7 heteroatoms. The number of hydrogen-bond donors (Lipinski definition) is 0. The van der Waals surface area contributed by atoms with Gasteiger partial charge in [-0.3, -0.25) is 0 Å². The Bertz CT molecular complexity index is 3530. The SMILES string of the molecule is c1ccc(-c2nc(-c3cccc(-c4cccc5c4sc4ccc(-c6ccc(-c7nc8ccccc8s7)cc6)cc45)c3)nc(-c3ccc4oc5ccccc5c4c3)n2)cc1. The fourth-order valence-corrected chi connectivity index (χ4v) is 10.2. The van der Waals surface area contributed by atoms with Gasteiger partial charge in [-0.2, -0.15) is 0 Å². The monoisotopic (exact) mass is 790 g/mol. The molecule has 0 aliphatic rings. The second-order valence-corrected chi connectivity index (χ2v) is 16.7. The zero-order valence-electron chi connectivity index (χ0n) is 31.3. The summed E-state index contributed by atoms with van der Waals surface area (Å²) >= 11 is 3.57. The van der Waals surface area contributed by atoms with Gasteiger partial charge in [0.05, 0.1) is 10.2 Å². The highest BCUT2D eigenvalue weighted by atomic mass is 32.1. The third-order valence-corrected chi connectivity index (χ3v) is 13.3. The Balaban J connectivity index is 0.923. The predicted octanol–water partition coefficient (Wildman–Crippen LogP) is 14.8. The van der Waals surface area contributed by atoms with Crippen LogP contribution in [0.1, 0.15) is 0 Å². The van der Waals surface area contributed by atoms with Crippen LogP contribution in [-0.4, -0.2) is 19.9 Å². The first-order valence-corrected chi connectivity index (χ1v) is 21.1. The molecular weight excluding hydrogens is 761 g/mol. The maximum atomic E-state index is 6.13. The van der Waals surface area contributed by atoms with Crippen LogP contribution in [0.4, 0.5) is 0 Å². The molecule has 0 fully saturated rings. The number of benzene rings is 8. The molecule has 0 saturated carbocycles. The molecule has 0 radical (unpaired) electrons. The topological polar surface area (TPSA) is 64.7 Å². The Hall–Kier alpha value is -7.32. The highest BCUT2D eigenvalue weighted by Gasteiger charge is 2.17. The van der Waals surface area contributed by atoms with E-state index in [0.717, 1.165) is 60.3 Å². The van der Waals surface area contributed by atoms with Crippen LogP contribution in [0.2, 0.25) is 0 Å². The molecular formula is C52H30N4OS2. The van der Waals surface area contributed by atoms with E-state index in [1.54, 1.807) is 11.3 Å². The van der Waals surface area contributed by atoms with Crippen molar-refractivity contribution >= 4 is 75.0 Å². The lowest BCUT2D eigenvalue weighted by Crippen LogP contribution is -2.00. The number of rotatable bonds is 6. The van der Waals surface area contributed by atoms with Crippen molar-refractivity contribution in [3.05, 3.63) is 182 Å². The molecule has 4 aromatic heterocycles. The van der Waals surface area contributed by atoms with E-state index in [1.165, 1.54) is 41.6 Å². The smallest absolute Gasteiger partial charge is 0.164 e. The molecule has 8 aromatic carbocycles. The fourth-order valence-electron chi connectivity index (χ4n) is 8.05. The van der Waals surface area contributed by atoms with Gasteiger partial charge in [0.15, 0.2) is 17.5 Å². The second kappa shape index (κ2) is 13.7. The van der Waals surface area contributed by atoms with Crippen LogP contribution in [0.5, 0.6) is 0 Å². The largest absolute Gasteiger partial charge is 0.456 e. The van der Waals surface area contributed by atoms with Gasteiger partial charge in [-0.15, -0.1) is 22.7 Å². The first kappa shape index (κ1) is 33.8. The van der Waals surface area contributed by atoms with Crippen molar-refractivity contribution in [2.75, 3.05) is 0 Å². The number of para-hydroxylation sites is 2. The minimum Gasteiger partial charge on any atom is -0.456 e. The lowest BCUT2D eigenvalue weighted by Gasteiger charge is -2.10. The molecule has 0 unspecified atom stereocenters. The Morgan fingerprint density at radius 1 is 0.339 bits per heavy atom. The molecule has 0 N–H and O–H groups in total. The van der Waals surface area contributed by atoms with Gasteiger partial charge in [0, 0.05) is 53.2 Å². The van der Waals surface area contributed by atoms with Gasteiger partial charge in [-0.05, 0) is 76.9 Å². The maximum absolute atomic E-state index is 6.13. The van der Waals surface area contributed by atoms with Crippen LogP contribution in [0, 0.1) is 0 Å². The Morgan fingerprint density at radius 2 is 0.966 bits per heavy atom. The molecule has 12 aromatic rings. The summed E-state index contributed by atoms with van der Waals surface area (Å²) in [5.41, 5.74) is 11.3. The molecule has 0 spiro atoms. The van der Waals surface area contributed by atoms with Crippen molar-refractivity contribution in [1.82, 2.24) is 19.9 Å². The molecule has 276 valence electrons. The summed E-state index contributed by atoms with van der Waals surface area (Å²) in [6.45, 7) is 0. The molecule has 5 nitrogen and oxygen atoms in total. The summed E-state index contributed by atoms with van der Waals surface area (Å²) in [4.78, 5) is 20.1. The number of fused-ring (bicyclic) bond motifs is 7. The zero-order chi connectivity index (χ0) is 38.9. The van der Waals surface area contributed by atoms with E-state index < -0.39 is 0 Å². The van der Waals surface area contributed by atoms with Gasteiger partial charge in [-0.1, -0.05) is 127 Å². The minimum absolute atomic E-state index is 0.611. The lowest BCUT2D eigenvalue weighted by atomic mass is 9.99. The number of furan rings is 1. The van der Waals surface area contributed by atoms with Gasteiger partial charge in [0.2, 0.25) is 0 Å². The van der Waals surface area contributed by atoms with Crippen molar-refractivity contribution in [3.8, 4) is 67.0 Å². The van der Waals surface area contributed by atoms with E-state index in [1.807, 2.05) is 78.1 Å². The van der Waals surface area contributed by atoms with E-state index in [2.05, 4.69) is 115 Å². The second-order valence-electron chi connectivity index (χ2n) is 14.6. The van der Waals surface area contributed by atoms with E-state index in [4.69, 9.17) is 24.4 Å². The standard InChI is InChI=1S/C52H30N4OS2/c1-2-10-32(11-3-1)49-54-50(56-51(55-49)37-24-26-45-41(30-37)39-14-4-6-18-44(39)57-45)36-13-8-12-35(28-36)38-15-9-16-40-42-29-34(25-27-46(42)58-48(38)40)31-20-22-33(23-21-31)52-53-43-17-5-7-19-47(43)59-52/h1-30H. The minimum atomic E-state index is 0.611. The molecule has 12 rings (SSSR count). The van der Waals surface area contributed by atoms with Crippen molar-refractivity contribution < 1.29 is 4.42 Å². The Kier molecular flexibility index (Phi) is 7.82. The van der Waals surface area contributed by atoms with E-state index >= 15 is 0 Å². The predicted molar refractivity (Wildman–Crippen MR) is 246 cm³/mol. The van der Waals surface area contributed by atoms with Gasteiger partial charge in [0.1, 0.15) is 16.2 Å². The third-order valence-electron chi connectivity index (χ3n) is 11.0. The number of thiazole rings is 1. The highest BCUT2D eigenvalue weighted by Crippen LogP contribution is 2.42. The van der Waals surface area contributed by atoms with Crippen LogP contribution in [-0.2, 0) is 0 Å². The molecule has 4 heterocycles. The van der Waals surface area contributed by atoms with Crippen LogP contribution < -0.4 is 0 Å². The third kappa shape index (κ3) is 5.90. The average Bonchev–Trinajstić information content (AvgIpc) is 4.02. The Morgan fingerprint density at radius 3 is 1.83 bits per heavy atom. The summed E-state index contributed by atoms with van der Waals surface area (Å²) in [7, 11) is 0. The summed E-state index contributed by atoms with van der Waals surface area (Å²) < 4.78 is 9.85. The van der Waals surface area contributed by atoms with Crippen LogP contribution >= 0.6 is 22.7 Å². The number of thiophene rings is 1. The van der Waals surface area contributed by atoms with E-state index in [-0.39, 0.29) is 0 Å². The molecule has 0 aliphatic carbocycles. The normalized spacial score (nSPS) is 11.7. The zero-order valence-corrected chi connectivity index (χ0v) is 33.0. The quantitative estimate of drug-likeness (QED) is 0.168. The van der Waals surface area contributed by atoms with Crippen molar-refractivity contribution in [1.29, 1.82) is 0 Å². The molecule has 0 bridgehead atoms. The van der Waals surface area contributed by atoms with Crippen LogP contribution in [0.15, 0.2) is 186 Å². The van der Waals surface area contributed by atoms with Gasteiger partial charge >= 0.3 is 0 Å². The first-order valence-electron chi connectivity index (χ1n) is 19.4. The van der Waals surface area contributed by atoms with Crippen LogP contribution in [0.3, 0.4) is 0 Å². The molecule has 0 amide bonds. The summed E-state index contributed by atoms with van der Waals surface area (Å²) in [6, 6.07) is 63.5. The first-order chi connectivity index (χ1) is 29.2. The van der Waals surface area contributed by atoms with Crippen molar-refractivity contribution in [2.45, 2.75) is 0 Å². The molecule has 59 heavy (non-hydrogen) atoms. The lowest BCUT2D eigenvalue weighted by molar-refractivity contribution is 0.669. The number of nitrogens with zero attached hydrogens (tertiary/aromatic N) is 4. The summed E-state index contributed by atoms with van der Waals surface area (Å²) in [6.07, 6.45) is 0. The fraction of sp³-hybridized carbons (Fsp3) is 0. The average molecular weight is 791 g/mol. The van der Waals surface area contributed by atoms with Crippen LogP contribution in [0.25, 0.3) is 119 Å². The highest BCUT2D eigenvalue weighted by molar-refractivity contribution is 7.26. The molecule has 0 aliphatic heterocycles. The van der Waals surface area contributed by atoms with Gasteiger partial charge in [-0.25, -0.2) is 19.9 Å². The van der Waals surface area contributed by atoms with E-state index in [0.29, 0.717) is 17.5 Å². The van der Waals surface area contributed by atoms with Gasteiger partial charge in [0.25, 0.3) is 0 Å². The molecule has 0 atom stereocenters. The summed E-state index contributed by atoms with van der Waals surface area (Å²) in [5, 5.41) is 5.65. The Labute approximate surface area is 346 Å². The summed E-state index contributed by atoms with van der Waals surface area (Å²) in [5.74, 6) is 1.86. The number of aromatic nitrogens is 4. The molecule has 0 saturated heterocycles. The number of hydrogen-bond acceptors (Lipinski definition) is 7. The van der Waals surface area contributed by atoms with Gasteiger partial charge < -0.3 is 4.42 Å². The van der Waals surface area contributed by atoms with E-state index in [9.17, 15) is 0 Å². The van der Waals surface area contributed by atoms with Crippen molar-refractivity contribution in [2.24, 2.45) is 0 Å².